The number of nitrogens with two attached hydrogens (primary N) is 1. The van der Waals surface area contributed by atoms with Crippen LogP contribution in [0.2, 0.25) is 0 Å². The lowest BCUT2D eigenvalue weighted by molar-refractivity contribution is -0.274. The van der Waals surface area contributed by atoms with Gasteiger partial charge in [0.05, 0.1) is 7.11 Å². The van der Waals surface area contributed by atoms with Crippen molar-refractivity contribution in [2.75, 3.05) is 7.11 Å². The summed E-state index contributed by atoms with van der Waals surface area (Å²) in [5, 5.41) is 0. The number of halogens is 4. The summed E-state index contributed by atoms with van der Waals surface area (Å²) >= 11 is 0. The first kappa shape index (κ1) is 15.2. The maximum atomic E-state index is 13.0. The minimum atomic E-state index is -4.91. The van der Waals surface area contributed by atoms with E-state index < -0.39 is 29.9 Å². The average Bonchev–Trinajstić information content (AvgIpc) is 2.30. The fraction of sp³-hybridized carbons (Fsp3) is 0.364. The summed E-state index contributed by atoms with van der Waals surface area (Å²) in [5.41, 5.74) is 5.24. The number of rotatable bonds is 4. The van der Waals surface area contributed by atoms with Crippen LogP contribution in [0.1, 0.15) is 5.56 Å². The highest BCUT2D eigenvalue weighted by Crippen LogP contribution is 2.27. The number of hydrogen-bond acceptors (Lipinski definition) is 4. The zero-order valence-corrected chi connectivity index (χ0v) is 9.83. The van der Waals surface area contributed by atoms with Crippen molar-refractivity contribution in [2.24, 2.45) is 5.73 Å². The van der Waals surface area contributed by atoms with Crippen LogP contribution in [0.5, 0.6) is 5.75 Å². The first-order chi connectivity index (χ1) is 8.73. The lowest BCUT2D eigenvalue weighted by Gasteiger charge is -2.15. The minimum absolute atomic E-state index is 0.171. The van der Waals surface area contributed by atoms with E-state index in [1.165, 1.54) is 0 Å². The van der Waals surface area contributed by atoms with Crippen LogP contribution in [0.3, 0.4) is 0 Å². The van der Waals surface area contributed by atoms with E-state index >= 15 is 0 Å². The molecule has 0 aliphatic heterocycles. The SMILES string of the molecule is COC(=O)C(N)Cc1cc(F)ccc1OC(F)(F)F. The smallest absolute Gasteiger partial charge is 0.468 e. The number of carbonyl (C=O) groups is 1. The van der Waals surface area contributed by atoms with Gasteiger partial charge in [0, 0.05) is 6.42 Å². The van der Waals surface area contributed by atoms with Crippen molar-refractivity contribution >= 4 is 5.97 Å². The molecule has 8 heteroatoms. The van der Waals surface area contributed by atoms with Crippen molar-refractivity contribution in [1.29, 1.82) is 0 Å². The maximum Gasteiger partial charge on any atom is 0.573 e. The normalized spacial score (nSPS) is 12.9. The second-order valence-electron chi connectivity index (χ2n) is 3.63. The molecule has 2 N–H and O–H groups in total. The molecule has 0 aliphatic carbocycles. The second kappa shape index (κ2) is 5.87. The molecule has 4 nitrogen and oxygen atoms in total. The summed E-state index contributed by atoms with van der Waals surface area (Å²) in [5.74, 6) is -2.18. The van der Waals surface area contributed by atoms with Gasteiger partial charge in [0.25, 0.3) is 0 Å². The van der Waals surface area contributed by atoms with Crippen molar-refractivity contribution in [3.8, 4) is 5.75 Å². The van der Waals surface area contributed by atoms with Crippen LogP contribution in [-0.4, -0.2) is 25.5 Å². The highest BCUT2D eigenvalue weighted by Gasteiger charge is 2.32. The van der Waals surface area contributed by atoms with Crippen molar-refractivity contribution in [3.63, 3.8) is 0 Å². The Labute approximate surface area is 106 Å². The molecular weight excluding hydrogens is 270 g/mol. The van der Waals surface area contributed by atoms with Gasteiger partial charge in [-0.05, 0) is 23.8 Å². The van der Waals surface area contributed by atoms with Gasteiger partial charge in [0.1, 0.15) is 17.6 Å². The molecule has 0 fully saturated rings. The number of carbonyl (C=O) groups excluding carboxylic acids is 1. The van der Waals surface area contributed by atoms with E-state index in [1.807, 2.05) is 0 Å². The van der Waals surface area contributed by atoms with E-state index in [0.29, 0.717) is 0 Å². The van der Waals surface area contributed by atoms with Gasteiger partial charge in [-0.25, -0.2) is 4.39 Å². The van der Waals surface area contributed by atoms with E-state index in [2.05, 4.69) is 9.47 Å². The topological polar surface area (TPSA) is 61.5 Å². The van der Waals surface area contributed by atoms with Gasteiger partial charge < -0.3 is 15.2 Å². The Balaban J connectivity index is 2.97. The molecule has 0 saturated heterocycles. The number of esters is 1. The van der Waals surface area contributed by atoms with Crippen LogP contribution in [-0.2, 0) is 16.0 Å². The lowest BCUT2D eigenvalue weighted by atomic mass is 10.1. The Morgan fingerprint density at radius 3 is 2.58 bits per heavy atom. The number of methoxy groups -OCH3 is 1. The molecular formula is C11H11F4NO3. The van der Waals surface area contributed by atoms with E-state index in [1.54, 1.807) is 0 Å². The zero-order chi connectivity index (χ0) is 14.6. The summed E-state index contributed by atoms with van der Waals surface area (Å²) < 4.78 is 57.5. The summed E-state index contributed by atoms with van der Waals surface area (Å²) in [4.78, 5) is 11.1. The van der Waals surface area contributed by atoms with Crippen LogP contribution in [0.15, 0.2) is 18.2 Å². The van der Waals surface area contributed by atoms with Crippen molar-refractivity contribution in [1.82, 2.24) is 0 Å². The molecule has 1 unspecified atom stereocenters. The molecule has 0 aromatic heterocycles. The number of alkyl halides is 3. The Kier molecular flexibility index (Phi) is 4.71. The Morgan fingerprint density at radius 1 is 1.42 bits per heavy atom. The number of hydrogen-bond donors (Lipinski definition) is 1. The van der Waals surface area contributed by atoms with Crippen molar-refractivity contribution in [2.45, 2.75) is 18.8 Å². The number of benzene rings is 1. The highest BCUT2D eigenvalue weighted by atomic mass is 19.4. The summed E-state index contributed by atoms with van der Waals surface area (Å²) in [6.45, 7) is 0. The molecule has 19 heavy (non-hydrogen) atoms. The van der Waals surface area contributed by atoms with Crippen LogP contribution in [0.4, 0.5) is 17.6 Å². The predicted octanol–water partition coefficient (Wildman–Crippen LogP) is 1.77. The summed E-state index contributed by atoms with van der Waals surface area (Å²) in [6, 6.07) is 1.25. The van der Waals surface area contributed by atoms with Gasteiger partial charge in [-0.15, -0.1) is 13.2 Å². The first-order valence-corrected chi connectivity index (χ1v) is 5.10. The zero-order valence-electron chi connectivity index (χ0n) is 9.83. The van der Waals surface area contributed by atoms with E-state index in [4.69, 9.17) is 5.73 Å². The van der Waals surface area contributed by atoms with Gasteiger partial charge >= 0.3 is 12.3 Å². The fourth-order valence-electron chi connectivity index (χ4n) is 1.40. The molecule has 0 amide bonds. The first-order valence-electron chi connectivity index (χ1n) is 5.10. The minimum Gasteiger partial charge on any atom is -0.468 e. The van der Waals surface area contributed by atoms with Crippen LogP contribution in [0, 0.1) is 5.82 Å². The van der Waals surface area contributed by atoms with Gasteiger partial charge in [0.2, 0.25) is 0 Å². The molecule has 0 aliphatic rings. The fourth-order valence-corrected chi connectivity index (χ4v) is 1.40. The molecule has 0 saturated carbocycles. The van der Waals surface area contributed by atoms with Gasteiger partial charge in [-0.3, -0.25) is 4.79 Å². The third kappa shape index (κ3) is 4.74. The highest BCUT2D eigenvalue weighted by molar-refractivity contribution is 5.75. The monoisotopic (exact) mass is 281 g/mol. The third-order valence-corrected chi connectivity index (χ3v) is 2.19. The largest absolute Gasteiger partial charge is 0.573 e. The summed E-state index contributed by atoms with van der Waals surface area (Å²) in [7, 11) is 1.08. The van der Waals surface area contributed by atoms with E-state index in [-0.39, 0.29) is 12.0 Å². The molecule has 1 aromatic rings. The molecule has 1 aromatic carbocycles. The van der Waals surface area contributed by atoms with Crippen LogP contribution < -0.4 is 10.5 Å². The van der Waals surface area contributed by atoms with Crippen LogP contribution in [0.25, 0.3) is 0 Å². The summed E-state index contributed by atoms with van der Waals surface area (Å²) in [6.07, 6.45) is -5.25. The predicted molar refractivity (Wildman–Crippen MR) is 56.8 cm³/mol. The molecule has 0 heterocycles. The molecule has 106 valence electrons. The van der Waals surface area contributed by atoms with Crippen LogP contribution >= 0.6 is 0 Å². The standard InChI is InChI=1S/C11H11F4NO3/c1-18-10(17)8(16)5-6-4-7(12)2-3-9(6)19-11(13,14)15/h2-4,8H,5,16H2,1H3. The second-order valence-corrected chi connectivity index (χ2v) is 3.63. The maximum absolute atomic E-state index is 13.0. The molecule has 1 rings (SSSR count). The Morgan fingerprint density at radius 2 is 2.05 bits per heavy atom. The number of ether oxygens (including phenoxy) is 2. The van der Waals surface area contributed by atoms with Crippen molar-refractivity contribution in [3.05, 3.63) is 29.6 Å². The van der Waals surface area contributed by atoms with Gasteiger partial charge in [0.15, 0.2) is 0 Å². The quantitative estimate of drug-likeness (QED) is 0.675. The van der Waals surface area contributed by atoms with E-state index in [0.717, 1.165) is 25.3 Å². The lowest BCUT2D eigenvalue weighted by Crippen LogP contribution is -2.34. The van der Waals surface area contributed by atoms with Crippen molar-refractivity contribution < 1.29 is 31.8 Å². The molecule has 1 atom stereocenters. The third-order valence-electron chi connectivity index (χ3n) is 2.19. The Hall–Kier alpha value is -1.83. The molecule has 0 bridgehead atoms. The van der Waals surface area contributed by atoms with Gasteiger partial charge in [-0.1, -0.05) is 0 Å². The molecule has 0 radical (unpaired) electrons. The average molecular weight is 281 g/mol. The van der Waals surface area contributed by atoms with Gasteiger partial charge in [-0.2, -0.15) is 0 Å². The van der Waals surface area contributed by atoms with E-state index in [9.17, 15) is 22.4 Å². The molecule has 0 spiro atoms. The Bertz CT molecular complexity index is 462.